The fraction of sp³-hybridized carbons (Fsp3) is 0.545. The molecule has 1 fully saturated rings. The molecule has 2 aromatic rings. The van der Waals surface area contributed by atoms with Crippen LogP contribution < -0.4 is 10.4 Å². The fourth-order valence-electron chi connectivity index (χ4n) is 4.19. The summed E-state index contributed by atoms with van der Waals surface area (Å²) in [5.74, 6) is 1.27. The molecule has 0 saturated carbocycles. The zero-order chi connectivity index (χ0) is 18.8. The highest BCUT2D eigenvalue weighted by Gasteiger charge is 2.21. The summed E-state index contributed by atoms with van der Waals surface area (Å²) in [6.45, 7) is 3.86. The average Bonchev–Trinajstić information content (AvgIpc) is 2.93. The Balaban J connectivity index is 1.50. The first-order chi connectivity index (χ1) is 13.1. The monoisotopic (exact) mass is 369 g/mol. The minimum absolute atomic E-state index is 0.0189. The summed E-state index contributed by atoms with van der Waals surface area (Å²) in [5, 5.41) is 0.996. The summed E-state index contributed by atoms with van der Waals surface area (Å²) in [4.78, 5) is 26.6. The molecule has 5 heteroatoms. The molecule has 0 spiro atoms. The first kappa shape index (κ1) is 18.1. The molecule has 2 heterocycles. The van der Waals surface area contributed by atoms with E-state index in [2.05, 4.69) is 6.92 Å². The number of fused-ring (bicyclic) bond motifs is 3. The van der Waals surface area contributed by atoms with Gasteiger partial charge in [0.15, 0.2) is 6.61 Å². The van der Waals surface area contributed by atoms with Crippen molar-refractivity contribution in [3.8, 4) is 5.75 Å². The van der Waals surface area contributed by atoms with Crippen molar-refractivity contribution in [3.05, 3.63) is 39.7 Å². The first-order valence-corrected chi connectivity index (χ1v) is 10.1. The molecule has 1 amide bonds. The van der Waals surface area contributed by atoms with Crippen molar-refractivity contribution < 1.29 is 13.9 Å². The lowest BCUT2D eigenvalue weighted by molar-refractivity contribution is -0.134. The Morgan fingerprint density at radius 2 is 1.89 bits per heavy atom. The van der Waals surface area contributed by atoms with E-state index in [-0.39, 0.29) is 18.1 Å². The maximum absolute atomic E-state index is 12.4. The number of aryl methyl sites for hydroxylation is 1. The van der Waals surface area contributed by atoms with E-state index in [0.29, 0.717) is 17.3 Å². The van der Waals surface area contributed by atoms with Crippen LogP contribution in [0.5, 0.6) is 5.75 Å². The number of benzene rings is 1. The van der Waals surface area contributed by atoms with E-state index in [1.54, 1.807) is 6.07 Å². The van der Waals surface area contributed by atoms with Crippen molar-refractivity contribution >= 4 is 16.9 Å². The number of amides is 1. The molecule has 2 aliphatic rings. The number of likely N-dealkylation sites (tertiary alicyclic amines) is 1. The second-order valence-corrected chi connectivity index (χ2v) is 7.92. The lowest BCUT2D eigenvalue weighted by atomic mass is 9.99. The number of carbonyl (C=O) groups is 1. The van der Waals surface area contributed by atoms with Crippen LogP contribution in [0.1, 0.15) is 50.2 Å². The molecule has 144 valence electrons. The predicted octanol–water partition coefficient (Wildman–Crippen LogP) is 3.70. The van der Waals surface area contributed by atoms with Crippen molar-refractivity contribution in [2.75, 3.05) is 19.7 Å². The van der Waals surface area contributed by atoms with E-state index < -0.39 is 0 Å². The molecule has 0 N–H and O–H groups in total. The number of nitrogens with zero attached hydrogens (tertiary/aromatic N) is 1. The van der Waals surface area contributed by atoms with E-state index in [1.807, 2.05) is 17.0 Å². The molecule has 0 unspecified atom stereocenters. The normalized spacial score (nSPS) is 18.2. The summed E-state index contributed by atoms with van der Waals surface area (Å²) < 4.78 is 11.3. The Morgan fingerprint density at radius 1 is 1.15 bits per heavy atom. The molecule has 5 nitrogen and oxygen atoms in total. The molecule has 4 rings (SSSR count). The van der Waals surface area contributed by atoms with Gasteiger partial charge in [0.05, 0.1) is 0 Å². The van der Waals surface area contributed by atoms with Crippen LogP contribution in [-0.4, -0.2) is 30.5 Å². The van der Waals surface area contributed by atoms with Gasteiger partial charge in [-0.1, -0.05) is 13.3 Å². The highest BCUT2D eigenvalue weighted by molar-refractivity contribution is 5.83. The maximum Gasteiger partial charge on any atom is 0.339 e. The van der Waals surface area contributed by atoms with E-state index >= 15 is 0 Å². The Labute approximate surface area is 159 Å². The second-order valence-electron chi connectivity index (χ2n) is 7.92. The quantitative estimate of drug-likeness (QED) is 0.611. The average molecular weight is 369 g/mol. The molecule has 27 heavy (non-hydrogen) atoms. The van der Waals surface area contributed by atoms with Gasteiger partial charge in [-0.25, -0.2) is 4.79 Å². The van der Waals surface area contributed by atoms with Gasteiger partial charge in [-0.3, -0.25) is 4.79 Å². The second kappa shape index (κ2) is 7.75. The highest BCUT2D eigenvalue weighted by Crippen LogP contribution is 2.28. The third-order valence-electron chi connectivity index (χ3n) is 5.94. The van der Waals surface area contributed by atoms with Gasteiger partial charge >= 0.3 is 5.63 Å². The standard InChI is InChI=1S/C22H27NO4/c1-15-9-11-23(12-10-15)21(24)14-26-16-7-8-18-17-5-3-2-4-6-19(17)22(25)27-20(18)13-16/h7-8,13,15H,2-6,9-12,14H2,1H3. The van der Waals surface area contributed by atoms with E-state index in [1.165, 1.54) is 0 Å². The number of piperidine rings is 1. The van der Waals surface area contributed by atoms with Gasteiger partial charge in [-0.15, -0.1) is 0 Å². The zero-order valence-electron chi connectivity index (χ0n) is 16.0. The van der Waals surface area contributed by atoms with Gasteiger partial charge < -0.3 is 14.1 Å². The van der Waals surface area contributed by atoms with Crippen molar-refractivity contribution in [3.63, 3.8) is 0 Å². The van der Waals surface area contributed by atoms with Gasteiger partial charge in [-0.05, 0) is 62.1 Å². The lowest BCUT2D eigenvalue weighted by Gasteiger charge is -2.30. The summed E-state index contributed by atoms with van der Waals surface area (Å²) in [6, 6.07) is 5.58. The van der Waals surface area contributed by atoms with Gasteiger partial charge in [0.2, 0.25) is 0 Å². The predicted molar refractivity (Wildman–Crippen MR) is 104 cm³/mol. The SMILES string of the molecule is CC1CCN(C(=O)COc2ccc3c4c(c(=O)oc3c2)CCCCC4)CC1. The van der Waals surface area contributed by atoms with Gasteiger partial charge in [-0.2, -0.15) is 0 Å². The van der Waals surface area contributed by atoms with Crippen LogP contribution in [0.2, 0.25) is 0 Å². The topological polar surface area (TPSA) is 59.8 Å². The van der Waals surface area contributed by atoms with Crippen LogP contribution in [0.15, 0.2) is 27.4 Å². The zero-order valence-corrected chi connectivity index (χ0v) is 16.0. The van der Waals surface area contributed by atoms with Crippen LogP contribution >= 0.6 is 0 Å². The van der Waals surface area contributed by atoms with E-state index in [0.717, 1.165) is 74.5 Å². The van der Waals surface area contributed by atoms with Crippen molar-refractivity contribution in [2.24, 2.45) is 5.92 Å². The summed E-state index contributed by atoms with van der Waals surface area (Å²) in [5.41, 5.74) is 2.29. The highest BCUT2D eigenvalue weighted by atomic mass is 16.5. The molecule has 1 aromatic carbocycles. The van der Waals surface area contributed by atoms with E-state index in [4.69, 9.17) is 9.15 Å². The molecular weight excluding hydrogens is 342 g/mol. The minimum Gasteiger partial charge on any atom is -0.484 e. The number of carbonyl (C=O) groups excluding carboxylic acids is 1. The maximum atomic E-state index is 12.4. The summed E-state index contributed by atoms with van der Waals surface area (Å²) in [7, 11) is 0. The van der Waals surface area contributed by atoms with Crippen molar-refractivity contribution in [1.82, 2.24) is 4.90 Å². The Hall–Kier alpha value is -2.30. The number of hydrogen-bond donors (Lipinski definition) is 0. The van der Waals surface area contributed by atoms with Crippen molar-refractivity contribution in [2.45, 2.75) is 51.9 Å². The van der Waals surface area contributed by atoms with Crippen LogP contribution in [-0.2, 0) is 17.6 Å². The largest absolute Gasteiger partial charge is 0.484 e. The molecule has 0 atom stereocenters. The Bertz CT molecular complexity index is 893. The third kappa shape index (κ3) is 3.87. The minimum atomic E-state index is -0.227. The number of ether oxygens (including phenoxy) is 1. The Morgan fingerprint density at radius 3 is 2.67 bits per heavy atom. The molecule has 1 aliphatic heterocycles. The molecule has 1 saturated heterocycles. The van der Waals surface area contributed by atoms with Crippen molar-refractivity contribution in [1.29, 1.82) is 0 Å². The summed E-state index contributed by atoms with van der Waals surface area (Å²) >= 11 is 0. The van der Waals surface area contributed by atoms with Crippen LogP contribution in [0.4, 0.5) is 0 Å². The molecule has 0 radical (unpaired) electrons. The lowest BCUT2D eigenvalue weighted by Crippen LogP contribution is -2.40. The number of rotatable bonds is 3. The van der Waals surface area contributed by atoms with Crippen LogP contribution in [0, 0.1) is 5.92 Å². The number of hydrogen-bond acceptors (Lipinski definition) is 4. The Kier molecular flexibility index (Phi) is 5.19. The van der Waals surface area contributed by atoms with Crippen LogP contribution in [0.25, 0.3) is 11.0 Å². The van der Waals surface area contributed by atoms with Crippen LogP contribution in [0.3, 0.4) is 0 Å². The fourth-order valence-corrected chi connectivity index (χ4v) is 4.19. The van der Waals surface area contributed by atoms with Gasteiger partial charge in [0, 0.05) is 30.1 Å². The van der Waals surface area contributed by atoms with E-state index in [9.17, 15) is 9.59 Å². The molecule has 1 aliphatic carbocycles. The molecule has 0 bridgehead atoms. The molecule has 1 aromatic heterocycles. The van der Waals surface area contributed by atoms with Gasteiger partial charge in [0.1, 0.15) is 11.3 Å². The summed E-state index contributed by atoms with van der Waals surface area (Å²) in [6.07, 6.45) is 7.12. The first-order valence-electron chi connectivity index (χ1n) is 10.1. The smallest absolute Gasteiger partial charge is 0.339 e. The molecular formula is C22H27NO4. The third-order valence-corrected chi connectivity index (χ3v) is 5.94. The van der Waals surface area contributed by atoms with Gasteiger partial charge in [0.25, 0.3) is 5.91 Å².